The second-order valence-corrected chi connectivity index (χ2v) is 3.36. The van der Waals surface area contributed by atoms with E-state index in [-0.39, 0.29) is 28.9 Å². The van der Waals surface area contributed by atoms with Crippen LogP contribution in [0.25, 0.3) is 11.5 Å². The van der Waals surface area contributed by atoms with Crippen molar-refractivity contribution in [3.63, 3.8) is 0 Å². The lowest BCUT2D eigenvalue weighted by Gasteiger charge is -1.96. The molecule has 0 saturated carbocycles. The van der Waals surface area contributed by atoms with E-state index in [0.717, 1.165) is 18.2 Å². The normalized spacial score (nSPS) is 10.5. The number of aromatic nitrogens is 2. The van der Waals surface area contributed by atoms with Gasteiger partial charge in [0.15, 0.2) is 0 Å². The molecule has 88 valence electrons. The molecule has 0 fully saturated rings. The van der Waals surface area contributed by atoms with Crippen molar-refractivity contribution in [2.24, 2.45) is 0 Å². The molecule has 0 amide bonds. The Morgan fingerprint density at radius 1 is 1.41 bits per heavy atom. The number of hydrogen-bond donors (Lipinski definition) is 0. The van der Waals surface area contributed by atoms with Crippen LogP contribution >= 0.6 is 11.6 Å². The van der Waals surface area contributed by atoms with Gasteiger partial charge < -0.3 is 4.42 Å². The zero-order valence-electron chi connectivity index (χ0n) is 8.26. The van der Waals surface area contributed by atoms with Gasteiger partial charge in [-0.3, -0.25) is 10.1 Å². The van der Waals surface area contributed by atoms with Gasteiger partial charge in [0, 0.05) is 11.6 Å². The van der Waals surface area contributed by atoms with Crippen LogP contribution in [0, 0.1) is 15.9 Å². The van der Waals surface area contributed by atoms with E-state index in [4.69, 9.17) is 16.0 Å². The fourth-order valence-corrected chi connectivity index (χ4v) is 1.34. The molecule has 0 spiro atoms. The summed E-state index contributed by atoms with van der Waals surface area (Å²) < 4.78 is 18.2. The summed E-state index contributed by atoms with van der Waals surface area (Å²) in [4.78, 5) is 9.85. The zero-order chi connectivity index (χ0) is 12.4. The van der Waals surface area contributed by atoms with Crippen LogP contribution in [0.2, 0.25) is 0 Å². The van der Waals surface area contributed by atoms with Crippen LogP contribution < -0.4 is 0 Å². The highest BCUT2D eigenvalue weighted by Crippen LogP contribution is 2.24. The van der Waals surface area contributed by atoms with Gasteiger partial charge in [-0.05, 0) is 6.07 Å². The van der Waals surface area contributed by atoms with E-state index < -0.39 is 10.7 Å². The first kappa shape index (κ1) is 11.5. The van der Waals surface area contributed by atoms with E-state index in [0.29, 0.717) is 0 Å². The van der Waals surface area contributed by atoms with Gasteiger partial charge in [-0.25, -0.2) is 4.39 Å². The maximum atomic E-state index is 13.1. The number of non-ortho nitro benzene ring substituents is 1. The van der Waals surface area contributed by atoms with E-state index in [2.05, 4.69) is 10.2 Å². The predicted molar refractivity (Wildman–Crippen MR) is 55.9 cm³/mol. The third-order valence-corrected chi connectivity index (χ3v) is 2.15. The van der Waals surface area contributed by atoms with Crippen molar-refractivity contribution < 1.29 is 13.7 Å². The molecule has 0 saturated heterocycles. The molecular formula is C9H5ClFN3O3. The first-order valence-electron chi connectivity index (χ1n) is 4.44. The van der Waals surface area contributed by atoms with E-state index in [9.17, 15) is 14.5 Å². The highest BCUT2D eigenvalue weighted by Gasteiger charge is 2.15. The summed E-state index contributed by atoms with van der Waals surface area (Å²) in [5.41, 5.74) is -0.244. The van der Waals surface area contributed by atoms with Crippen LogP contribution in [0.1, 0.15) is 5.89 Å². The Bertz CT molecular complexity index is 572. The van der Waals surface area contributed by atoms with Gasteiger partial charge >= 0.3 is 0 Å². The van der Waals surface area contributed by atoms with Gasteiger partial charge in [0.1, 0.15) is 11.7 Å². The van der Waals surface area contributed by atoms with Crippen molar-refractivity contribution >= 4 is 17.3 Å². The Morgan fingerprint density at radius 2 is 2.18 bits per heavy atom. The van der Waals surface area contributed by atoms with Crippen molar-refractivity contribution in [2.75, 3.05) is 0 Å². The number of alkyl halides is 1. The average molecular weight is 258 g/mol. The van der Waals surface area contributed by atoms with Gasteiger partial charge in [0.05, 0.1) is 11.0 Å². The molecule has 0 atom stereocenters. The molecule has 0 bridgehead atoms. The van der Waals surface area contributed by atoms with Crippen LogP contribution in [0.3, 0.4) is 0 Å². The number of hydrogen-bond acceptors (Lipinski definition) is 5. The van der Waals surface area contributed by atoms with E-state index in [1.54, 1.807) is 0 Å². The molecule has 1 heterocycles. The molecular weight excluding hydrogens is 253 g/mol. The first-order chi connectivity index (χ1) is 8.10. The Balaban J connectivity index is 2.47. The summed E-state index contributed by atoms with van der Waals surface area (Å²) in [6.07, 6.45) is 0. The number of halogens is 2. The van der Waals surface area contributed by atoms with Gasteiger partial charge in [-0.1, -0.05) is 0 Å². The summed E-state index contributed by atoms with van der Waals surface area (Å²) in [6.45, 7) is 0. The van der Waals surface area contributed by atoms with Gasteiger partial charge in [-0.2, -0.15) is 0 Å². The lowest BCUT2D eigenvalue weighted by atomic mass is 10.2. The Hall–Kier alpha value is -2.02. The molecule has 0 aliphatic carbocycles. The molecule has 0 N–H and O–H groups in total. The second kappa shape index (κ2) is 4.46. The van der Waals surface area contributed by atoms with E-state index >= 15 is 0 Å². The van der Waals surface area contributed by atoms with Gasteiger partial charge in [0.2, 0.25) is 11.8 Å². The lowest BCUT2D eigenvalue weighted by Crippen LogP contribution is -1.90. The number of nitro benzene ring substituents is 1. The fourth-order valence-electron chi connectivity index (χ4n) is 1.23. The van der Waals surface area contributed by atoms with Crippen LogP contribution in [0.15, 0.2) is 22.6 Å². The highest BCUT2D eigenvalue weighted by molar-refractivity contribution is 6.16. The lowest BCUT2D eigenvalue weighted by molar-refractivity contribution is -0.385. The quantitative estimate of drug-likeness (QED) is 0.479. The third-order valence-electron chi connectivity index (χ3n) is 1.92. The maximum absolute atomic E-state index is 13.1. The van der Waals surface area contributed by atoms with Gasteiger partial charge in [0.25, 0.3) is 5.69 Å². The summed E-state index contributed by atoms with van der Waals surface area (Å²) in [5.74, 6) is -0.582. The molecule has 1 aromatic carbocycles. The van der Waals surface area contributed by atoms with E-state index in [1.807, 2.05) is 0 Å². The largest absolute Gasteiger partial charge is 0.419 e. The Kier molecular flexibility index (Phi) is 3.01. The standard InChI is InChI=1S/C9H5ClFN3O3/c10-4-8-12-13-9(17-8)5-1-6(11)3-7(2-5)14(15)16/h1-3H,4H2. The van der Waals surface area contributed by atoms with E-state index in [1.165, 1.54) is 0 Å². The Morgan fingerprint density at radius 3 is 2.76 bits per heavy atom. The van der Waals surface area contributed by atoms with Crippen molar-refractivity contribution in [3.8, 4) is 11.5 Å². The van der Waals surface area contributed by atoms with Crippen LogP contribution in [-0.4, -0.2) is 15.1 Å². The predicted octanol–water partition coefficient (Wildman–Crippen LogP) is 2.52. The molecule has 8 heteroatoms. The summed E-state index contributed by atoms with van der Waals surface area (Å²) >= 11 is 5.46. The minimum Gasteiger partial charge on any atom is -0.419 e. The van der Waals surface area contributed by atoms with Crippen molar-refractivity contribution in [3.05, 3.63) is 40.0 Å². The SMILES string of the molecule is O=[N+]([O-])c1cc(F)cc(-c2nnc(CCl)o2)c1. The number of rotatable bonds is 3. The van der Waals surface area contributed by atoms with Crippen LogP contribution in [0.4, 0.5) is 10.1 Å². The second-order valence-electron chi connectivity index (χ2n) is 3.09. The van der Waals surface area contributed by atoms with Crippen LogP contribution in [-0.2, 0) is 5.88 Å². The smallest absolute Gasteiger partial charge is 0.273 e. The number of benzene rings is 1. The molecule has 2 aromatic rings. The molecule has 0 aliphatic heterocycles. The highest BCUT2D eigenvalue weighted by atomic mass is 35.5. The molecule has 0 radical (unpaired) electrons. The molecule has 6 nitrogen and oxygen atoms in total. The van der Waals surface area contributed by atoms with Crippen molar-refractivity contribution in [1.29, 1.82) is 0 Å². The summed E-state index contributed by atoms with van der Waals surface area (Å²) in [7, 11) is 0. The molecule has 1 aromatic heterocycles. The number of nitro groups is 1. The minimum absolute atomic E-state index is 0.0109. The minimum atomic E-state index is -0.750. The topological polar surface area (TPSA) is 82.1 Å². The number of nitrogens with zero attached hydrogens (tertiary/aromatic N) is 3. The van der Waals surface area contributed by atoms with Crippen molar-refractivity contribution in [1.82, 2.24) is 10.2 Å². The Labute approximate surface area is 99.2 Å². The fraction of sp³-hybridized carbons (Fsp3) is 0.111. The summed E-state index contributed by atoms with van der Waals surface area (Å²) in [6, 6.07) is 3.02. The molecule has 2 rings (SSSR count). The average Bonchev–Trinajstić information content (AvgIpc) is 2.76. The molecule has 17 heavy (non-hydrogen) atoms. The van der Waals surface area contributed by atoms with Crippen molar-refractivity contribution in [2.45, 2.75) is 5.88 Å². The zero-order valence-corrected chi connectivity index (χ0v) is 9.02. The monoisotopic (exact) mass is 257 g/mol. The summed E-state index contributed by atoms with van der Waals surface area (Å²) in [5, 5.41) is 17.7. The molecule has 0 aliphatic rings. The van der Waals surface area contributed by atoms with Gasteiger partial charge in [-0.15, -0.1) is 21.8 Å². The maximum Gasteiger partial charge on any atom is 0.273 e. The first-order valence-corrected chi connectivity index (χ1v) is 4.97. The molecule has 0 unspecified atom stereocenters. The third kappa shape index (κ3) is 2.39. The van der Waals surface area contributed by atoms with Crippen LogP contribution in [0.5, 0.6) is 0 Å².